The normalized spacial score (nSPS) is 11.1. The second kappa shape index (κ2) is 5.41. The number of carboxylic acid groups (broad SMARTS) is 1. The summed E-state index contributed by atoms with van der Waals surface area (Å²) in [7, 11) is -4.08. The molecular weight excluding hydrogens is 294 g/mol. The molecule has 0 atom stereocenters. The molecule has 0 fully saturated rings. The summed E-state index contributed by atoms with van der Waals surface area (Å²) in [4.78, 5) is 14.7. The molecule has 0 spiro atoms. The molecule has 1 heterocycles. The monoisotopic (exact) mass is 307 g/mol. The molecule has 1 aromatic heterocycles. The van der Waals surface area contributed by atoms with Gasteiger partial charge in [0.1, 0.15) is 4.90 Å². The molecule has 0 saturated carbocycles. The number of aromatic carboxylic acids is 1. The maximum atomic E-state index is 12.4. The van der Waals surface area contributed by atoms with Gasteiger partial charge < -0.3 is 10.8 Å². The van der Waals surface area contributed by atoms with Crippen molar-refractivity contribution in [2.45, 2.75) is 11.8 Å². The van der Waals surface area contributed by atoms with E-state index in [0.717, 1.165) is 12.1 Å². The van der Waals surface area contributed by atoms with Crippen LogP contribution in [-0.4, -0.2) is 24.5 Å². The summed E-state index contributed by atoms with van der Waals surface area (Å²) in [5.74, 6) is -1.35. The minimum absolute atomic E-state index is 0.156. The molecule has 0 bridgehead atoms. The zero-order valence-electron chi connectivity index (χ0n) is 11.1. The summed E-state index contributed by atoms with van der Waals surface area (Å²) in [6.45, 7) is 1.63. The number of nitrogens with one attached hydrogen (secondary N) is 1. The highest BCUT2D eigenvalue weighted by Gasteiger charge is 2.23. The summed E-state index contributed by atoms with van der Waals surface area (Å²) in [5.41, 5.74) is 6.11. The van der Waals surface area contributed by atoms with Crippen LogP contribution >= 0.6 is 0 Å². The molecule has 2 aromatic rings. The number of anilines is 2. The summed E-state index contributed by atoms with van der Waals surface area (Å²) >= 11 is 0. The molecule has 1 aromatic carbocycles. The van der Waals surface area contributed by atoms with Crippen molar-refractivity contribution in [1.29, 1.82) is 0 Å². The van der Waals surface area contributed by atoms with Crippen molar-refractivity contribution in [3.8, 4) is 0 Å². The molecule has 0 saturated heterocycles. The summed E-state index contributed by atoms with van der Waals surface area (Å²) in [5, 5.41) is 9.10. The Hall–Kier alpha value is -2.61. The molecule has 4 N–H and O–H groups in total. The van der Waals surface area contributed by atoms with Crippen molar-refractivity contribution in [2.75, 3.05) is 10.5 Å². The number of carboxylic acids is 1. The number of pyridine rings is 1. The Morgan fingerprint density at radius 3 is 2.67 bits per heavy atom. The van der Waals surface area contributed by atoms with Crippen LogP contribution in [0.2, 0.25) is 0 Å². The van der Waals surface area contributed by atoms with E-state index < -0.39 is 20.9 Å². The number of aryl methyl sites for hydroxylation is 1. The van der Waals surface area contributed by atoms with E-state index in [1.54, 1.807) is 13.0 Å². The maximum Gasteiger partial charge on any atom is 0.337 e. The second-order valence-corrected chi connectivity index (χ2v) is 5.95. The topological polar surface area (TPSA) is 122 Å². The number of carbonyl (C=O) groups is 1. The molecule has 0 unspecified atom stereocenters. The van der Waals surface area contributed by atoms with E-state index in [1.807, 2.05) is 0 Å². The first-order valence-corrected chi connectivity index (χ1v) is 7.37. The smallest absolute Gasteiger partial charge is 0.337 e. The zero-order valence-corrected chi connectivity index (χ0v) is 11.9. The van der Waals surface area contributed by atoms with Gasteiger partial charge in [-0.15, -0.1) is 0 Å². The van der Waals surface area contributed by atoms with Crippen molar-refractivity contribution in [1.82, 2.24) is 4.98 Å². The van der Waals surface area contributed by atoms with Gasteiger partial charge in [-0.3, -0.25) is 9.71 Å². The third kappa shape index (κ3) is 3.11. The number of nitrogen functional groups attached to an aromatic ring is 1. The Balaban J connectivity index is 2.52. The lowest BCUT2D eigenvalue weighted by atomic mass is 10.2. The minimum atomic E-state index is -4.08. The highest BCUT2D eigenvalue weighted by atomic mass is 32.2. The van der Waals surface area contributed by atoms with Gasteiger partial charge in [0.25, 0.3) is 10.0 Å². The molecule has 7 nitrogen and oxygen atoms in total. The van der Waals surface area contributed by atoms with Crippen LogP contribution < -0.4 is 10.5 Å². The van der Waals surface area contributed by atoms with Gasteiger partial charge in [0, 0.05) is 11.9 Å². The van der Waals surface area contributed by atoms with Crippen molar-refractivity contribution >= 4 is 27.4 Å². The molecule has 0 aliphatic carbocycles. The lowest BCUT2D eigenvalue weighted by Gasteiger charge is -2.12. The Bertz CT molecular complexity index is 803. The number of aromatic nitrogens is 1. The first kappa shape index (κ1) is 14.8. The van der Waals surface area contributed by atoms with Crippen LogP contribution in [0.15, 0.2) is 41.4 Å². The van der Waals surface area contributed by atoms with Gasteiger partial charge in [0.05, 0.1) is 16.9 Å². The van der Waals surface area contributed by atoms with E-state index >= 15 is 0 Å². The summed E-state index contributed by atoms with van der Waals surface area (Å²) in [6, 6.07) is 6.70. The molecule has 110 valence electrons. The van der Waals surface area contributed by atoms with E-state index in [4.69, 9.17) is 10.8 Å². The quantitative estimate of drug-likeness (QED) is 0.735. The van der Waals surface area contributed by atoms with Crippen LogP contribution in [0.25, 0.3) is 0 Å². The van der Waals surface area contributed by atoms with Crippen molar-refractivity contribution in [2.24, 2.45) is 0 Å². The van der Waals surface area contributed by atoms with Crippen molar-refractivity contribution in [3.05, 3.63) is 47.8 Å². The zero-order chi connectivity index (χ0) is 15.6. The van der Waals surface area contributed by atoms with Gasteiger partial charge >= 0.3 is 5.97 Å². The molecule has 0 radical (unpaired) electrons. The number of hydrogen-bond acceptors (Lipinski definition) is 5. The van der Waals surface area contributed by atoms with Gasteiger partial charge in [0.15, 0.2) is 0 Å². The first-order valence-electron chi connectivity index (χ1n) is 5.88. The van der Waals surface area contributed by atoms with Crippen LogP contribution in [0.1, 0.15) is 16.1 Å². The maximum absolute atomic E-state index is 12.4. The number of rotatable bonds is 4. The van der Waals surface area contributed by atoms with E-state index in [2.05, 4.69) is 9.71 Å². The second-order valence-electron chi connectivity index (χ2n) is 4.30. The third-order valence-electron chi connectivity index (χ3n) is 2.78. The van der Waals surface area contributed by atoms with E-state index in [1.165, 1.54) is 18.3 Å². The van der Waals surface area contributed by atoms with Crippen LogP contribution in [0.3, 0.4) is 0 Å². The van der Waals surface area contributed by atoms with Crippen molar-refractivity contribution in [3.63, 3.8) is 0 Å². The van der Waals surface area contributed by atoms with E-state index in [0.29, 0.717) is 5.69 Å². The fraction of sp³-hybridized carbons (Fsp3) is 0.0769. The highest BCUT2D eigenvalue weighted by Crippen LogP contribution is 2.23. The fourth-order valence-corrected chi connectivity index (χ4v) is 3.08. The molecule has 21 heavy (non-hydrogen) atoms. The summed E-state index contributed by atoms with van der Waals surface area (Å²) < 4.78 is 27.1. The molecule has 2 rings (SSSR count). The SMILES string of the molecule is Cc1ncccc1NS(=O)(=O)c1cc(N)ccc1C(=O)O. The molecule has 0 amide bonds. The Kier molecular flexibility index (Phi) is 3.81. The Labute approximate surface area is 121 Å². The molecule has 0 aliphatic heterocycles. The van der Waals surface area contributed by atoms with Crippen LogP contribution in [-0.2, 0) is 10.0 Å². The summed E-state index contributed by atoms with van der Waals surface area (Å²) in [6.07, 6.45) is 1.52. The van der Waals surface area contributed by atoms with Gasteiger partial charge in [-0.25, -0.2) is 13.2 Å². The predicted octanol–water partition coefficient (Wildman–Crippen LogP) is 1.47. The molecular formula is C13H13N3O4S. The number of benzene rings is 1. The largest absolute Gasteiger partial charge is 0.478 e. The van der Waals surface area contributed by atoms with Crippen LogP contribution in [0.5, 0.6) is 0 Å². The molecule has 0 aliphatic rings. The third-order valence-corrected chi connectivity index (χ3v) is 4.18. The number of sulfonamides is 1. The molecule has 8 heteroatoms. The number of hydrogen-bond donors (Lipinski definition) is 3. The number of nitrogens with two attached hydrogens (primary N) is 1. The highest BCUT2D eigenvalue weighted by molar-refractivity contribution is 7.92. The average molecular weight is 307 g/mol. The minimum Gasteiger partial charge on any atom is -0.478 e. The van der Waals surface area contributed by atoms with E-state index in [9.17, 15) is 13.2 Å². The van der Waals surface area contributed by atoms with Crippen molar-refractivity contribution < 1.29 is 18.3 Å². The lowest BCUT2D eigenvalue weighted by Crippen LogP contribution is -2.18. The predicted molar refractivity (Wildman–Crippen MR) is 77.6 cm³/mol. The lowest BCUT2D eigenvalue weighted by molar-refractivity contribution is 0.0692. The van der Waals surface area contributed by atoms with Gasteiger partial charge in [-0.05, 0) is 37.3 Å². The average Bonchev–Trinajstić information content (AvgIpc) is 2.41. The number of nitrogens with zero attached hydrogens (tertiary/aromatic N) is 1. The van der Waals surface area contributed by atoms with Gasteiger partial charge in [0.2, 0.25) is 0 Å². The van der Waals surface area contributed by atoms with Crippen LogP contribution in [0.4, 0.5) is 11.4 Å². The van der Waals surface area contributed by atoms with Gasteiger partial charge in [-0.2, -0.15) is 0 Å². The fourth-order valence-electron chi connectivity index (χ4n) is 1.73. The first-order chi connectivity index (χ1) is 9.81. The Morgan fingerprint density at radius 1 is 1.33 bits per heavy atom. The Morgan fingerprint density at radius 2 is 2.05 bits per heavy atom. The van der Waals surface area contributed by atoms with E-state index in [-0.39, 0.29) is 16.9 Å². The standard InChI is InChI=1S/C13H13N3O4S/c1-8-11(3-2-6-15-8)16-21(19,20)12-7-9(14)4-5-10(12)13(17)18/h2-7,16H,14H2,1H3,(H,17,18). The van der Waals surface area contributed by atoms with Gasteiger partial charge in [-0.1, -0.05) is 0 Å². The van der Waals surface area contributed by atoms with Crippen LogP contribution in [0, 0.1) is 6.92 Å².